The van der Waals surface area contributed by atoms with Crippen LogP contribution in [-0.2, 0) is 9.47 Å². The Hall–Kier alpha value is -0.390. The summed E-state index contributed by atoms with van der Waals surface area (Å²) < 4.78 is 10.4. The van der Waals surface area contributed by atoms with Gasteiger partial charge in [-0.15, -0.1) is 0 Å². The largest absolute Gasteiger partial charge is 0.383 e. The van der Waals surface area contributed by atoms with Gasteiger partial charge in [0.1, 0.15) is 0 Å². The number of rotatable bonds is 7. The Kier molecular flexibility index (Phi) is 8.65. The third-order valence-electron chi connectivity index (χ3n) is 1.81. The normalized spacial score (nSPS) is 10.5. The summed E-state index contributed by atoms with van der Waals surface area (Å²) in [5, 5.41) is 3.83. The van der Waals surface area contributed by atoms with Gasteiger partial charge in [-0.25, -0.2) is 0 Å². The zero-order valence-corrected chi connectivity index (χ0v) is 10.9. The van der Waals surface area contributed by atoms with Crippen molar-refractivity contribution >= 4 is 17.3 Å². The molecule has 0 aliphatic rings. The monoisotopic (exact) mass is 234 g/mol. The van der Waals surface area contributed by atoms with Crippen LogP contribution >= 0.6 is 12.2 Å². The molecule has 0 rings (SSSR count). The molecular weight excluding hydrogens is 212 g/mol. The van der Waals surface area contributed by atoms with Crippen LogP contribution in [0, 0.1) is 0 Å². The average molecular weight is 234 g/mol. The molecule has 0 aliphatic carbocycles. The second-order valence-corrected chi connectivity index (χ2v) is 3.95. The fraction of sp³-hybridized carbons (Fsp3) is 0.900. The van der Waals surface area contributed by atoms with Crippen molar-refractivity contribution in [3.05, 3.63) is 0 Å². The number of nitrogens with zero attached hydrogens (tertiary/aromatic N) is 1. The predicted molar refractivity (Wildman–Crippen MR) is 66.2 cm³/mol. The number of nitrogens with one attached hydrogen (secondary N) is 1. The van der Waals surface area contributed by atoms with Gasteiger partial charge in [-0.2, -0.15) is 0 Å². The molecule has 1 N–H and O–H groups in total. The SMILES string of the molecule is COCCNC(=S)N(C)CCOC(C)C. The summed E-state index contributed by atoms with van der Waals surface area (Å²) in [4.78, 5) is 1.97. The molecule has 0 amide bonds. The number of methoxy groups -OCH3 is 1. The Bertz CT molecular complexity index is 177. The van der Waals surface area contributed by atoms with Gasteiger partial charge < -0.3 is 19.7 Å². The Morgan fingerprint density at radius 1 is 1.40 bits per heavy atom. The first kappa shape index (κ1) is 14.6. The molecule has 0 aromatic carbocycles. The van der Waals surface area contributed by atoms with Crippen molar-refractivity contribution in [3.8, 4) is 0 Å². The molecule has 5 heteroatoms. The Balaban J connectivity index is 3.51. The Morgan fingerprint density at radius 2 is 2.07 bits per heavy atom. The maximum Gasteiger partial charge on any atom is 0.168 e. The summed E-state index contributed by atoms with van der Waals surface area (Å²) in [5.41, 5.74) is 0. The van der Waals surface area contributed by atoms with Crippen LogP contribution in [-0.4, -0.2) is 56.6 Å². The lowest BCUT2D eigenvalue weighted by Gasteiger charge is -2.21. The van der Waals surface area contributed by atoms with Gasteiger partial charge in [0.25, 0.3) is 0 Å². The molecule has 0 fully saturated rings. The molecular formula is C10H22N2O2S. The summed E-state index contributed by atoms with van der Waals surface area (Å²) in [6.07, 6.45) is 0.272. The lowest BCUT2D eigenvalue weighted by Crippen LogP contribution is -2.40. The Morgan fingerprint density at radius 3 is 2.60 bits per heavy atom. The van der Waals surface area contributed by atoms with E-state index in [0.717, 1.165) is 18.2 Å². The molecule has 0 saturated carbocycles. The van der Waals surface area contributed by atoms with Crippen LogP contribution in [0.15, 0.2) is 0 Å². The minimum Gasteiger partial charge on any atom is -0.383 e. The van der Waals surface area contributed by atoms with Crippen LogP contribution in [0.25, 0.3) is 0 Å². The summed E-state index contributed by atoms with van der Waals surface area (Å²) in [5.74, 6) is 0. The van der Waals surface area contributed by atoms with Gasteiger partial charge >= 0.3 is 0 Å². The average Bonchev–Trinajstić information content (AvgIpc) is 2.17. The van der Waals surface area contributed by atoms with Crippen molar-refractivity contribution in [1.29, 1.82) is 0 Å². The molecule has 0 atom stereocenters. The highest BCUT2D eigenvalue weighted by molar-refractivity contribution is 7.80. The van der Waals surface area contributed by atoms with Gasteiger partial charge in [0, 0.05) is 27.2 Å². The highest BCUT2D eigenvalue weighted by atomic mass is 32.1. The van der Waals surface area contributed by atoms with E-state index >= 15 is 0 Å². The van der Waals surface area contributed by atoms with E-state index in [-0.39, 0.29) is 6.10 Å². The zero-order chi connectivity index (χ0) is 11.7. The molecule has 0 radical (unpaired) electrons. The van der Waals surface area contributed by atoms with Crippen LogP contribution in [0.1, 0.15) is 13.8 Å². The van der Waals surface area contributed by atoms with Crippen molar-refractivity contribution in [2.75, 3.05) is 40.5 Å². The van der Waals surface area contributed by atoms with Gasteiger partial charge in [0.05, 0.1) is 19.3 Å². The van der Waals surface area contributed by atoms with E-state index in [2.05, 4.69) is 5.32 Å². The minimum absolute atomic E-state index is 0.272. The van der Waals surface area contributed by atoms with Gasteiger partial charge in [-0.05, 0) is 26.1 Å². The first-order valence-corrected chi connectivity index (χ1v) is 5.58. The molecule has 0 saturated heterocycles. The molecule has 0 bridgehead atoms. The summed E-state index contributed by atoms with van der Waals surface area (Å²) >= 11 is 5.17. The molecule has 4 nitrogen and oxygen atoms in total. The van der Waals surface area contributed by atoms with Crippen molar-refractivity contribution in [2.45, 2.75) is 20.0 Å². The highest BCUT2D eigenvalue weighted by Gasteiger charge is 2.03. The number of ether oxygens (including phenoxy) is 2. The van der Waals surface area contributed by atoms with Crippen molar-refractivity contribution in [1.82, 2.24) is 10.2 Å². The number of likely N-dealkylation sites (N-methyl/N-ethyl adjacent to an activating group) is 1. The molecule has 0 spiro atoms. The number of hydrogen-bond acceptors (Lipinski definition) is 3. The van der Waals surface area contributed by atoms with E-state index in [1.807, 2.05) is 25.8 Å². The minimum atomic E-state index is 0.272. The second-order valence-electron chi connectivity index (χ2n) is 3.57. The van der Waals surface area contributed by atoms with Crippen LogP contribution in [0.3, 0.4) is 0 Å². The standard InChI is InChI=1S/C10H22N2O2S/c1-9(2)14-8-6-12(3)10(15)11-5-7-13-4/h9H,5-8H2,1-4H3,(H,11,15). The fourth-order valence-corrected chi connectivity index (χ4v) is 1.12. The van der Waals surface area contributed by atoms with E-state index in [9.17, 15) is 0 Å². The van der Waals surface area contributed by atoms with E-state index in [4.69, 9.17) is 21.7 Å². The zero-order valence-electron chi connectivity index (χ0n) is 10.1. The fourth-order valence-electron chi connectivity index (χ4n) is 0.922. The first-order valence-electron chi connectivity index (χ1n) is 5.17. The van der Waals surface area contributed by atoms with Crippen LogP contribution in [0.5, 0.6) is 0 Å². The topological polar surface area (TPSA) is 33.7 Å². The van der Waals surface area contributed by atoms with Crippen LogP contribution in [0.2, 0.25) is 0 Å². The summed E-state index contributed by atoms with van der Waals surface area (Å²) in [6, 6.07) is 0. The lowest BCUT2D eigenvalue weighted by atomic mass is 10.5. The predicted octanol–water partition coefficient (Wildman–Crippen LogP) is 0.864. The number of hydrogen-bond donors (Lipinski definition) is 1. The highest BCUT2D eigenvalue weighted by Crippen LogP contribution is 1.90. The van der Waals surface area contributed by atoms with E-state index < -0.39 is 0 Å². The van der Waals surface area contributed by atoms with Crippen molar-refractivity contribution in [3.63, 3.8) is 0 Å². The maximum absolute atomic E-state index is 5.43. The van der Waals surface area contributed by atoms with Gasteiger partial charge in [-0.1, -0.05) is 0 Å². The molecule has 15 heavy (non-hydrogen) atoms. The third kappa shape index (κ3) is 8.59. The third-order valence-corrected chi connectivity index (χ3v) is 2.26. The van der Waals surface area contributed by atoms with Gasteiger partial charge in [0.15, 0.2) is 5.11 Å². The lowest BCUT2D eigenvalue weighted by molar-refractivity contribution is 0.0723. The van der Waals surface area contributed by atoms with Crippen LogP contribution in [0.4, 0.5) is 0 Å². The smallest absolute Gasteiger partial charge is 0.168 e. The maximum atomic E-state index is 5.43. The molecule has 90 valence electrons. The first-order chi connectivity index (χ1) is 7.07. The summed E-state index contributed by atoms with van der Waals surface area (Å²) in [7, 11) is 3.62. The van der Waals surface area contributed by atoms with Gasteiger partial charge in [-0.3, -0.25) is 0 Å². The van der Waals surface area contributed by atoms with E-state index in [1.165, 1.54) is 0 Å². The quantitative estimate of drug-likeness (QED) is 0.522. The molecule has 0 aliphatic heterocycles. The molecule has 0 unspecified atom stereocenters. The molecule has 0 aromatic rings. The van der Waals surface area contributed by atoms with Gasteiger partial charge in [0.2, 0.25) is 0 Å². The van der Waals surface area contributed by atoms with Crippen molar-refractivity contribution in [2.24, 2.45) is 0 Å². The Labute approximate surface area is 97.9 Å². The molecule has 0 heterocycles. The van der Waals surface area contributed by atoms with Crippen molar-refractivity contribution < 1.29 is 9.47 Å². The number of thiocarbonyl (C=S) groups is 1. The second kappa shape index (κ2) is 8.88. The van der Waals surface area contributed by atoms with E-state index in [0.29, 0.717) is 13.2 Å². The van der Waals surface area contributed by atoms with E-state index in [1.54, 1.807) is 7.11 Å². The van der Waals surface area contributed by atoms with Crippen LogP contribution < -0.4 is 5.32 Å². The summed E-state index contributed by atoms with van der Waals surface area (Å²) in [6.45, 7) is 6.95. The molecule has 0 aromatic heterocycles.